The highest BCUT2D eigenvalue weighted by atomic mass is 35.5. The van der Waals surface area contributed by atoms with E-state index < -0.39 is 0 Å². The lowest BCUT2D eigenvalue weighted by Crippen LogP contribution is -2.29. The molecule has 4 nitrogen and oxygen atoms in total. The molecule has 0 bridgehead atoms. The Kier molecular flexibility index (Phi) is 5.11. The standard InChI is InChI=1S/C18H16ClNO3S/c1-2-3-9-20-17(21)16(24-18(20)22)11-14-7-8-15(23-14)12-5-4-6-13(19)10-12/h4-8,10-11H,2-3,9H2,1H3/b16-11+. The molecule has 1 aromatic carbocycles. The van der Waals surface area contributed by atoms with Gasteiger partial charge in [-0.1, -0.05) is 37.1 Å². The van der Waals surface area contributed by atoms with Gasteiger partial charge in [-0.2, -0.15) is 0 Å². The summed E-state index contributed by atoms with van der Waals surface area (Å²) < 4.78 is 5.76. The molecule has 0 atom stereocenters. The molecule has 0 N–H and O–H groups in total. The molecule has 1 aromatic heterocycles. The van der Waals surface area contributed by atoms with Gasteiger partial charge in [0.25, 0.3) is 11.1 Å². The molecule has 0 spiro atoms. The predicted molar refractivity (Wildman–Crippen MR) is 96.7 cm³/mol. The number of halogens is 1. The molecule has 0 aliphatic carbocycles. The van der Waals surface area contributed by atoms with Gasteiger partial charge in [-0.3, -0.25) is 14.5 Å². The minimum atomic E-state index is -0.251. The summed E-state index contributed by atoms with van der Waals surface area (Å²) in [6.45, 7) is 2.49. The number of nitrogens with zero attached hydrogens (tertiary/aromatic N) is 1. The van der Waals surface area contributed by atoms with Crippen molar-refractivity contribution < 1.29 is 14.0 Å². The van der Waals surface area contributed by atoms with Crippen molar-refractivity contribution in [2.45, 2.75) is 19.8 Å². The third-order valence-corrected chi connectivity index (χ3v) is 4.76. The zero-order valence-corrected chi connectivity index (χ0v) is 14.7. The Balaban J connectivity index is 1.80. The Labute approximate surface area is 149 Å². The molecule has 0 unspecified atom stereocenters. The van der Waals surface area contributed by atoms with E-state index >= 15 is 0 Å². The fourth-order valence-electron chi connectivity index (χ4n) is 2.37. The second-order valence-electron chi connectivity index (χ2n) is 5.40. The van der Waals surface area contributed by atoms with E-state index in [1.807, 2.05) is 31.2 Å². The summed E-state index contributed by atoms with van der Waals surface area (Å²) in [7, 11) is 0. The van der Waals surface area contributed by atoms with Gasteiger partial charge in [0.05, 0.1) is 4.91 Å². The number of rotatable bonds is 5. The molecule has 2 heterocycles. The molecule has 1 aliphatic heterocycles. The fraction of sp³-hybridized carbons (Fsp3) is 0.222. The predicted octanol–water partition coefficient (Wildman–Crippen LogP) is 5.44. The number of carbonyl (C=O) groups is 2. The number of imide groups is 1. The first-order valence-electron chi connectivity index (χ1n) is 7.69. The second-order valence-corrected chi connectivity index (χ2v) is 6.83. The van der Waals surface area contributed by atoms with Gasteiger partial charge in [0.15, 0.2) is 0 Å². The SMILES string of the molecule is CCCCN1C(=O)S/C(=C/c2ccc(-c3cccc(Cl)c3)o2)C1=O. The number of hydrogen-bond donors (Lipinski definition) is 0. The van der Waals surface area contributed by atoms with Crippen molar-refractivity contribution in [3.63, 3.8) is 0 Å². The van der Waals surface area contributed by atoms with Crippen molar-refractivity contribution >= 4 is 40.6 Å². The summed E-state index contributed by atoms with van der Waals surface area (Å²) in [5.74, 6) is 0.944. The molecule has 3 rings (SSSR count). The van der Waals surface area contributed by atoms with Gasteiger partial charge < -0.3 is 4.42 Å². The van der Waals surface area contributed by atoms with Crippen LogP contribution in [-0.2, 0) is 4.79 Å². The van der Waals surface area contributed by atoms with Gasteiger partial charge in [-0.25, -0.2) is 0 Å². The molecule has 2 aromatic rings. The van der Waals surface area contributed by atoms with Crippen LogP contribution >= 0.6 is 23.4 Å². The van der Waals surface area contributed by atoms with Crippen LogP contribution in [0.1, 0.15) is 25.5 Å². The molecular weight excluding hydrogens is 346 g/mol. The van der Waals surface area contributed by atoms with Crippen molar-refractivity contribution in [1.82, 2.24) is 4.90 Å². The van der Waals surface area contributed by atoms with Crippen molar-refractivity contribution in [2.75, 3.05) is 6.54 Å². The third kappa shape index (κ3) is 3.57. The number of amides is 2. The summed E-state index contributed by atoms with van der Waals surface area (Å²) in [6, 6.07) is 10.9. The van der Waals surface area contributed by atoms with Crippen LogP contribution in [0.3, 0.4) is 0 Å². The molecule has 2 amide bonds. The number of thioether (sulfide) groups is 1. The second kappa shape index (κ2) is 7.28. The number of furan rings is 1. The minimum absolute atomic E-state index is 0.221. The lowest BCUT2D eigenvalue weighted by atomic mass is 10.2. The van der Waals surface area contributed by atoms with Gasteiger partial charge in [0, 0.05) is 23.2 Å². The van der Waals surface area contributed by atoms with Crippen molar-refractivity contribution in [3.8, 4) is 11.3 Å². The van der Waals surface area contributed by atoms with E-state index in [2.05, 4.69) is 0 Å². The molecule has 1 aliphatic rings. The Morgan fingerprint density at radius 2 is 2.08 bits per heavy atom. The number of hydrogen-bond acceptors (Lipinski definition) is 4. The minimum Gasteiger partial charge on any atom is -0.457 e. The van der Waals surface area contributed by atoms with E-state index in [4.69, 9.17) is 16.0 Å². The van der Waals surface area contributed by atoms with Gasteiger partial charge in [0.2, 0.25) is 0 Å². The largest absolute Gasteiger partial charge is 0.457 e. The van der Waals surface area contributed by atoms with Gasteiger partial charge >= 0.3 is 0 Å². The molecule has 1 saturated heterocycles. The summed E-state index contributed by atoms with van der Waals surface area (Å²) in [5, 5.41) is 0.406. The number of carbonyl (C=O) groups excluding carboxylic acids is 2. The zero-order valence-electron chi connectivity index (χ0n) is 13.1. The fourth-order valence-corrected chi connectivity index (χ4v) is 3.40. The highest BCUT2D eigenvalue weighted by Gasteiger charge is 2.34. The molecule has 1 fully saturated rings. The highest BCUT2D eigenvalue weighted by molar-refractivity contribution is 8.18. The van der Waals surface area contributed by atoms with Crippen LogP contribution in [0.4, 0.5) is 4.79 Å². The van der Waals surface area contributed by atoms with E-state index in [0.717, 1.165) is 30.2 Å². The number of unbranched alkanes of at least 4 members (excludes halogenated alkanes) is 1. The van der Waals surface area contributed by atoms with Crippen LogP contribution in [0, 0.1) is 0 Å². The van der Waals surface area contributed by atoms with E-state index in [-0.39, 0.29) is 11.1 Å². The first kappa shape index (κ1) is 16.9. The average molecular weight is 362 g/mol. The van der Waals surface area contributed by atoms with Gasteiger partial charge in [-0.15, -0.1) is 0 Å². The summed E-state index contributed by atoms with van der Waals surface area (Å²) in [6.07, 6.45) is 3.36. The third-order valence-electron chi connectivity index (χ3n) is 3.62. The normalized spacial score (nSPS) is 16.4. The maximum atomic E-state index is 12.3. The lowest BCUT2D eigenvalue weighted by Gasteiger charge is -2.10. The first-order valence-corrected chi connectivity index (χ1v) is 8.89. The molecular formula is C18H16ClNO3S. The maximum absolute atomic E-state index is 12.3. The maximum Gasteiger partial charge on any atom is 0.293 e. The van der Waals surface area contributed by atoms with Crippen molar-refractivity contribution in [2.24, 2.45) is 0 Å². The smallest absolute Gasteiger partial charge is 0.293 e. The summed E-state index contributed by atoms with van der Waals surface area (Å²) in [5.41, 5.74) is 0.859. The monoisotopic (exact) mass is 361 g/mol. The van der Waals surface area contributed by atoms with Crippen molar-refractivity contribution in [3.05, 3.63) is 52.1 Å². The molecule has 0 radical (unpaired) electrons. The first-order chi connectivity index (χ1) is 11.6. The van der Waals surface area contributed by atoms with Gasteiger partial charge in [-0.05, 0) is 42.4 Å². The molecule has 6 heteroatoms. The van der Waals surface area contributed by atoms with E-state index in [1.165, 1.54) is 4.90 Å². The van der Waals surface area contributed by atoms with Crippen LogP contribution in [-0.4, -0.2) is 22.6 Å². The van der Waals surface area contributed by atoms with Crippen LogP contribution in [0.2, 0.25) is 5.02 Å². The summed E-state index contributed by atoms with van der Waals surface area (Å²) >= 11 is 6.94. The van der Waals surface area contributed by atoms with Crippen LogP contribution < -0.4 is 0 Å². The average Bonchev–Trinajstić information content (AvgIpc) is 3.12. The van der Waals surface area contributed by atoms with Crippen LogP contribution in [0.15, 0.2) is 45.7 Å². The Morgan fingerprint density at radius 3 is 2.83 bits per heavy atom. The molecule has 0 saturated carbocycles. The quantitative estimate of drug-likeness (QED) is 0.665. The van der Waals surface area contributed by atoms with E-state index in [1.54, 1.807) is 18.2 Å². The van der Waals surface area contributed by atoms with E-state index in [9.17, 15) is 9.59 Å². The topological polar surface area (TPSA) is 50.5 Å². The molecule has 124 valence electrons. The molecule has 24 heavy (non-hydrogen) atoms. The number of benzene rings is 1. The van der Waals surface area contributed by atoms with Crippen LogP contribution in [0.25, 0.3) is 17.4 Å². The van der Waals surface area contributed by atoms with Crippen LogP contribution in [0.5, 0.6) is 0 Å². The summed E-state index contributed by atoms with van der Waals surface area (Å²) in [4.78, 5) is 25.9. The lowest BCUT2D eigenvalue weighted by molar-refractivity contribution is -0.122. The highest BCUT2D eigenvalue weighted by Crippen LogP contribution is 2.33. The zero-order chi connectivity index (χ0) is 17.1. The Hall–Kier alpha value is -1.98. The Bertz CT molecular complexity index is 812. The van der Waals surface area contributed by atoms with E-state index in [0.29, 0.717) is 28.0 Å². The van der Waals surface area contributed by atoms with Gasteiger partial charge in [0.1, 0.15) is 11.5 Å². The Morgan fingerprint density at radius 1 is 1.25 bits per heavy atom. The van der Waals surface area contributed by atoms with Crippen molar-refractivity contribution in [1.29, 1.82) is 0 Å².